The zero-order valence-corrected chi connectivity index (χ0v) is 12.6. The van der Waals surface area contributed by atoms with Crippen molar-refractivity contribution in [2.75, 3.05) is 5.73 Å². The number of anilines is 1. The lowest BCUT2D eigenvalue weighted by atomic mass is 10.0. The second kappa shape index (κ2) is 3.98. The Morgan fingerprint density at radius 3 is 2.83 bits per heavy atom. The van der Waals surface area contributed by atoms with Crippen LogP contribution in [0.25, 0.3) is 11.0 Å². The lowest BCUT2D eigenvalue weighted by Crippen LogP contribution is -2.14. The molecule has 0 aliphatic heterocycles. The molecule has 0 saturated heterocycles. The summed E-state index contributed by atoms with van der Waals surface area (Å²) in [6, 6.07) is 1.66. The Morgan fingerprint density at radius 2 is 2.28 bits per heavy atom. The summed E-state index contributed by atoms with van der Waals surface area (Å²) in [5.41, 5.74) is 8.29. The van der Waals surface area contributed by atoms with Crippen LogP contribution in [-0.2, 0) is 3.61 Å². The van der Waals surface area contributed by atoms with E-state index in [9.17, 15) is 5.11 Å². The fourth-order valence-corrected chi connectivity index (χ4v) is 3.08. The summed E-state index contributed by atoms with van der Waals surface area (Å²) in [5.74, 6) is 0.430. The second-order valence-electron chi connectivity index (χ2n) is 4.82. The van der Waals surface area contributed by atoms with Crippen LogP contribution in [0.3, 0.4) is 0 Å². The van der Waals surface area contributed by atoms with Crippen LogP contribution >= 0.6 is 34.2 Å². The van der Waals surface area contributed by atoms with E-state index in [0.717, 1.165) is 23.9 Å². The normalized spacial score (nSPS) is 19.1. The molecule has 0 amide bonds. The Bertz CT molecular complexity index is 629. The Balaban J connectivity index is 2.36. The highest BCUT2D eigenvalue weighted by Gasteiger charge is 2.34. The van der Waals surface area contributed by atoms with Gasteiger partial charge in [-0.15, -0.1) is 0 Å². The maximum Gasteiger partial charge on any atom is 0.177 e. The molecule has 1 aliphatic rings. The number of aromatic nitrogens is 1. The Hall–Kier alpha value is -0.530. The number of hydrogen-bond acceptors (Lipinski definition) is 4. The van der Waals surface area contributed by atoms with Gasteiger partial charge in [0.05, 0.1) is 21.7 Å². The molecule has 1 aliphatic carbocycles. The van der Waals surface area contributed by atoms with Crippen molar-refractivity contribution in [1.82, 2.24) is 5.16 Å². The number of fused-ring (bicyclic) bond motifs is 1. The number of nitrogens with two attached hydrogens (primary N) is 1. The molecule has 4 nitrogen and oxygen atoms in total. The lowest BCUT2D eigenvalue weighted by Gasteiger charge is -2.18. The summed E-state index contributed by atoms with van der Waals surface area (Å²) in [7, 11) is 0. The lowest BCUT2D eigenvalue weighted by molar-refractivity contribution is 0.179. The van der Waals surface area contributed by atoms with Gasteiger partial charge >= 0.3 is 0 Å². The van der Waals surface area contributed by atoms with Crippen molar-refractivity contribution < 1.29 is 9.63 Å². The van der Waals surface area contributed by atoms with Crippen LogP contribution in [-0.4, -0.2) is 10.3 Å². The molecule has 18 heavy (non-hydrogen) atoms. The monoisotopic (exact) mass is 378 g/mol. The molecule has 1 unspecified atom stereocenters. The van der Waals surface area contributed by atoms with Crippen molar-refractivity contribution in [3.8, 4) is 0 Å². The van der Waals surface area contributed by atoms with Crippen LogP contribution in [0.5, 0.6) is 0 Å². The van der Waals surface area contributed by atoms with Crippen LogP contribution in [0.15, 0.2) is 10.6 Å². The van der Waals surface area contributed by atoms with E-state index in [0.29, 0.717) is 27.8 Å². The van der Waals surface area contributed by atoms with Gasteiger partial charge in [-0.3, -0.25) is 0 Å². The first kappa shape index (κ1) is 12.5. The Labute approximate surface area is 123 Å². The average Bonchev–Trinajstić information content (AvgIpc) is 2.97. The number of hydrogen-bond donors (Lipinski definition) is 2. The predicted molar refractivity (Wildman–Crippen MR) is 79.0 cm³/mol. The zero-order chi connectivity index (χ0) is 13.1. The van der Waals surface area contributed by atoms with Gasteiger partial charge in [0, 0.05) is 11.6 Å². The van der Waals surface area contributed by atoms with Crippen molar-refractivity contribution in [3.63, 3.8) is 0 Å². The molecule has 1 heterocycles. The van der Waals surface area contributed by atoms with Crippen molar-refractivity contribution in [3.05, 3.63) is 22.3 Å². The van der Waals surface area contributed by atoms with E-state index in [-0.39, 0.29) is 0 Å². The standard InChI is InChI=1S/C12H12ClIN2O2/c1-12(14,17)9-7(15)4-6(13)8-10(5-2-3-5)16-18-11(8)9/h4-5,17H,2-3,15H2,1H3. The van der Waals surface area contributed by atoms with Crippen LogP contribution in [0, 0.1) is 0 Å². The number of nitrogens with zero attached hydrogens (tertiary/aromatic N) is 1. The molecule has 3 rings (SSSR count). The first-order valence-electron chi connectivity index (χ1n) is 5.68. The van der Waals surface area contributed by atoms with E-state index in [1.165, 1.54) is 0 Å². The van der Waals surface area contributed by atoms with Crippen LogP contribution in [0.1, 0.15) is 36.9 Å². The van der Waals surface area contributed by atoms with Gasteiger partial charge in [-0.25, -0.2) is 0 Å². The first-order valence-corrected chi connectivity index (χ1v) is 7.14. The third-order valence-corrected chi connectivity index (χ3v) is 4.01. The predicted octanol–water partition coefficient (Wildman–Crippen LogP) is 3.54. The van der Waals surface area contributed by atoms with Gasteiger partial charge in [-0.2, -0.15) is 0 Å². The van der Waals surface area contributed by atoms with Gasteiger partial charge in [0.25, 0.3) is 0 Å². The van der Waals surface area contributed by atoms with E-state index in [1.807, 2.05) is 22.6 Å². The molecule has 6 heteroatoms. The highest BCUT2D eigenvalue weighted by molar-refractivity contribution is 14.1. The van der Waals surface area contributed by atoms with Gasteiger partial charge in [-0.1, -0.05) is 16.8 Å². The van der Waals surface area contributed by atoms with Gasteiger partial charge in [0.2, 0.25) is 0 Å². The van der Waals surface area contributed by atoms with Crippen LogP contribution in [0.2, 0.25) is 5.02 Å². The number of benzene rings is 1. The highest BCUT2D eigenvalue weighted by Crippen LogP contribution is 2.48. The summed E-state index contributed by atoms with van der Waals surface area (Å²) >= 11 is 8.15. The summed E-state index contributed by atoms with van der Waals surface area (Å²) in [4.78, 5) is 0. The minimum atomic E-state index is -1.12. The molecule has 0 radical (unpaired) electrons. The molecule has 2 aromatic rings. The SMILES string of the molecule is CC(O)(I)c1c(N)cc(Cl)c2c(C3CC3)noc12. The zero-order valence-electron chi connectivity index (χ0n) is 9.70. The van der Waals surface area contributed by atoms with E-state index < -0.39 is 3.61 Å². The van der Waals surface area contributed by atoms with E-state index in [2.05, 4.69) is 5.16 Å². The third-order valence-electron chi connectivity index (χ3n) is 3.18. The molecule has 3 N–H and O–H groups in total. The van der Waals surface area contributed by atoms with E-state index in [1.54, 1.807) is 13.0 Å². The average molecular weight is 379 g/mol. The van der Waals surface area contributed by atoms with Crippen molar-refractivity contribution in [1.29, 1.82) is 0 Å². The van der Waals surface area contributed by atoms with Gasteiger partial charge < -0.3 is 15.4 Å². The summed E-state index contributed by atoms with van der Waals surface area (Å²) in [5, 5.41) is 15.6. The molecule has 1 fully saturated rings. The van der Waals surface area contributed by atoms with Gasteiger partial charge in [-0.05, 0) is 48.4 Å². The highest BCUT2D eigenvalue weighted by atomic mass is 127. The number of nitrogen functional groups attached to an aromatic ring is 1. The Morgan fingerprint density at radius 1 is 1.61 bits per heavy atom. The molecular weight excluding hydrogens is 367 g/mol. The Kier molecular flexibility index (Phi) is 2.76. The van der Waals surface area contributed by atoms with E-state index in [4.69, 9.17) is 21.9 Å². The fourth-order valence-electron chi connectivity index (χ4n) is 2.22. The molecule has 0 bridgehead atoms. The summed E-state index contributed by atoms with van der Waals surface area (Å²) < 4.78 is 4.27. The summed E-state index contributed by atoms with van der Waals surface area (Å²) in [6.45, 7) is 1.66. The first-order chi connectivity index (χ1) is 8.39. The minimum Gasteiger partial charge on any atom is -0.398 e. The summed E-state index contributed by atoms with van der Waals surface area (Å²) in [6.07, 6.45) is 2.22. The van der Waals surface area contributed by atoms with Crippen molar-refractivity contribution >= 4 is 50.8 Å². The molecule has 1 aromatic heterocycles. The molecule has 0 spiro atoms. The topological polar surface area (TPSA) is 72.3 Å². The molecule has 96 valence electrons. The third kappa shape index (κ3) is 1.88. The van der Waals surface area contributed by atoms with Crippen molar-refractivity contribution in [2.45, 2.75) is 29.3 Å². The quantitative estimate of drug-likeness (QED) is 0.476. The minimum absolute atomic E-state index is 0.422. The van der Waals surface area contributed by atoms with Crippen molar-refractivity contribution in [2.24, 2.45) is 0 Å². The van der Waals surface area contributed by atoms with Gasteiger partial charge in [0.15, 0.2) is 5.58 Å². The molecular formula is C12H12ClIN2O2. The smallest absolute Gasteiger partial charge is 0.177 e. The van der Waals surface area contributed by atoms with Crippen LogP contribution in [0.4, 0.5) is 5.69 Å². The largest absolute Gasteiger partial charge is 0.398 e. The number of aliphatic hydroxyl groups is 1. The van der Waals surface area contributed by atoms with Gasteiger partial charge in [0.1, 0.15) is 3.61 Å². The maximum atomic E-state index is 10.2. The molecule has 1 atom stereocenters. The fraction of sp³-hybridized carbons (Fsp3) is 0.417. The molecule has 1 aromatic carbocycles. The number of alkyl halides is 1. The maximum absolute atomic E-state index is 10.2. The van der Waals surface area contributed by atoms with E-state index >= 15 is 0 Å². The second-order valence-corrected chi connectivity index (χ2v) is 7.33. The molecule has 1 saturated carbocycles. The number of halogens is 2. The van der Waals surface area contributed by atoms with Crippen LogP contribution < -0.4 is 5.73 Å². The number of rotatable bonds is 2.